The molecule has 0 aromatic heterocycles. The van der Waals surface area contributed by atoms with E-state index in [4.69, 9.17) is 4.43 Å². The van der Waals surface area contributed by atoms with Gasteiger partial charge in [-0.25, -0.2) is 0 Å². The lowest BCUT2D eigenvalue weighted by atomic mass is 10.2. The summed E-state index contributed by atoms with van der Waals surface area (Å²) in [6, 6.07) is 21.6. The summed E-state index contributed by atoms with van der Waals surface area (Å²) in [5, 5.41) is 4.60. The summed E-state index contributed by atoms with van der Waals surface area (Å²) in [7, 11) is -2.39. The Labute approximate surface area is 164 Å². The average molecular weight is 470 g/mol. The van der Waals surface area contributed by atoms with Crippen LogP contribution in [-0.2, 0) is 4.43 Å². The Hall–Kier alpha value is -0.423. The van der Waals surface area contributed by atoms with Crippen LogP contribution in [0.5, 0.6) is 0 Å². The number of alkyl halides is 2. The minimum atomic E-state index is -2.39. The molecule has 0 atom stereocenters. The van der Waals surface area contributed by atoms with Crippen LogP contribution in [0.3, 0.4) is 0 Å². The summed E-state index contributed by atoms with van der Waals surface area (Å²) in [5.74, 6) is 0.464. The van der Waals surface area contributed by atoms with E-state index in [1.54, 1.807) is 0 Å². The highest BCUT2D eigenvalue weighted by Crippen LogP contribution is 2.37. The van der Waals surface area contributed by atoms with Crippen LogP contribution in [-0.4, -0.2) is 25.6 Å². The molecule has 0 bridgehead atoms. The van der Waals surface area contributed by atoms with Crippen LogP contribution >= 0.6 is 31.9 Å². The number of benzene rings is 2. The Morgan fingerprint density at radius 1 is 0.833 bits per heavy atom. The molecule has 0 aliphatic carbocycles. The zero-order chi connectivity index (χ0) is 17.6. The first-order chi connectivity index (χ1) is 11.5. The molecule has 130 valence electrons. The standard InChI is InChI=1S/C20H26Br2OSi/c1-20(2,3)24(18-10-6-4-7-11-18,19-12-8-5-9-13-19)23-16-17(14-21)15-22/h4-13,17H,14-16H2,1-3H3. The van der Waals surface area contributed by atoms with Gasteiger partial charge < -0.3 is 4.43 Å². The van der Waals surface area contributed by atoms with Crippen LogP contribution in [0.15, 0.2) is 60.7 Å². The lowest BCUT2D eigenvalue weighted by Gasteiger charge is -2.43. The van der Waals surface area contributed by atoms with E-state index in [2.05, 4.69) is 113 Å². The molecule has 0 radical (unpaired) electrons. The van der Waals surface area contributed by atoms with Gasteiger partial charge in [-0.15, -0.1) is 0 Å². The Morgan fingerprint density at radius 2 is 1.25 bits per heavy atom. The molecule has 2 aromatic carbocycles. The maximum atomic E-state index is 6.89. The maximum Gasteiger partial charge on any atom is 0.261 e. The number of rotatable bonds is 7. The molecule has 0 saturated carbocycles. The molecule has 0 amide bonds. The Morgan fingerprint density at radius 3 is 1.58 bits per heavy atom. The molecule has 0 N–H and O–H groups in total. The zero-order valence-electron chi connectivity index (χ0n) is 14.6. The van der Waals surface area contributed by atoms with Crippen LogP contribution in [0.2, 0.25) is 5.04 Å². The van der Waals surface area contributed by atoms with Crippen molar-refractivity contribution in [2.75, 3.05) is 17.3 Å². The van der Waals surface area contributed by atoms with Gasteiger partial charge in [-0.3, -0.25) is 0 Å². The lowest BCUT2D eigenvalue weighted by Crippen LogP contribution is -2.67. The smallest absolute Gasteiger partial charge is 0.261 e. The molecule has 0 aliphatic heterocycles. The predicted octanol–water partition coefficient (Wildman–Crippen LogP) is 4.97. The van der Waals surface area contributed by atoms with E-state index in [1.165, 1.54) is 10.4 Å². The molecule has 0 aliphatic rings. The van der Waals surface area contributed by atoms with Crippen molar-refractivity contribution in [2.24, 2.45) is 5.92 Å². The van der Waals surface area contributed by atoms with E-state index < -0.39 is 8.32 Å². The zero-order valence-corrected chi connectivity index (χ0v) is 18.8. The molecule has 0 unspecified atom stereocenters. The van der Waals surface area contributed by atoms with E-state index in [-0.39, 0.29) is 5.04 Å². The number of hydrogen-bond acceptors (Lipinski definition) is 1. The largest absolute Gasteiger partial charge is 0.407 e. The van der Waals surface area contributed by atoms with Crippen molar-refractivity contribution in [3.05, 3.63) is 60.7 Å². The second-order valence-electron chi connectivity index (χ2n) is 7.15. The van der Waals surface area contributed by atoms with Crippen LogP contribution in [0.4, 0.5) is 0 Å². The Bertz CT molecular complexity index is 567. The highest BCUT2D eigenvalue weighted by atomic mass is 79.9. The maximum absolute atomic E-state index is 6.89. The molecular weight excluding hydrogens is 444 g/mol. The molecule has 4 heteroatoms. The lowest BCUT2D eigenvalue weighted by molar-refractivity contribution is 0.260. The summed E-state index contributed by atoms with van der Waals surface area (Å²) in [5.41, 5.74) is 0. The van der Waals surface area contributed by atoms with Crippen molar-refractivity contribution in [3.8, 4) is 0 Å². The summed E-state index contributed by atoms with van der Waals surface area (Å²) in [4.78, 5) is 0. The Balaban J connectivity index is 2.57. The van der Waals surface area contributed by atoms with Crippen molar-refractivity contribution in [1.29, 1.82) is 0 Å². The first kappa shape index (κ1) is 19.9. The highest BCUT2D eigenvalue weighted by molar-refractivity contribution is 9.09. The first-order valence-electron chi connectivity index (χ1n) is 8.32. The van der Waals surface area contributed by atoms with Crippen LogP contribution < -0.4 is 10.4 Å². The van der Waals surface area contributed by atoms with E-state index in [0.717, 1.165) is 17.3 Å². The fourth-order valence-corrected chi connectivity index (χ4v) is 9.22. The fraction of sp³-hybridized carbons (Fsp3) is 0.400. The Kier molecular flexibility index (Phi) is 7.29. The summed E-state index contributed by atoms with van der Waals surface area (Å²) >= 11 is 7.22. The van der Waals surface area contributed by atoms with Gasteiger partial charge in [-0.1, -0.05) is 113 Å². The second-order valence-corrected chi connectivity index (χ2v) is 12.7. The summed E-state index contributed by atoms with van der Waals surface area (Å²) in [6.07, 6.45) is 0. The van der Waals surface area contributed by atoms with Gasteiger partial charge in [0.2, 0.25) is 0 Å². The van der Waals surface area contributed by atoms with E-state index in [1.807, 2.05) is 0 Å². The van der Waals surface area contributed by atoms with Gasteiger partial charge in [0.15, 0.2) is 0 Å². The molecule has 24 heavy (non-hydrogen) atoms. The molecule has 2 aromatic rings. The predicted molar refractivity (Wildman–Crippen MR) is 115 cm³/mol. The fourth-order valence-electron chi connectivity index (χ4n) is 3.13. The minimum absolute atomic E-state index is 0.0406. The van der Waals surface area contributed by atoms with Gasteiger partial charge in [0.05, 0.1) is 0 Å². The second kappa shape index (κ2) is 8.79. The van der Waals surface area contributed by atoms with Gasteiger partial charge in [-0.2, -0.15) is 0 Å². The van der Waals surface area contributed by atoms with Crippen molar-refractivity contribution < 1.29 is 4.43 Å². The molecule has 1 nitrogen and oxygen atoms in total. The van der Waals surface area contributed by atoms with Crippen molar-refractivity contribution in [3.63, 3.8) is 0 Å². The first-order valence-corrected chi connectivity index (χ1v) is 12.5. The molecule has 0 heterocycles. The average Bonchev–Trinajstić information content (AvgIpc) is 2.59. The molecule has 0 saturated heterocycles. The normalized spacial score (nSPS) is 12.6. The van der Waals surface area contributed by atoms with Crippen molar-refractivity contribution >= 4 is 50.6 Å². The summed E-state index contributed by atoms with van der Waals surface area (Å²) < 4.78 is 6.89. The third-order valence-electron chi connectivity index (χ3n) is 4.39. The van der Waals surface area contributed by atoms with E-state index >= 15 is 0 Å². The van der Waals surface area contributed by atoms with Gasteiger partial charge in [0.25, 0.3) is 8.32 Å². The van der Waals surface area contributed by atoms with Gasteiger partial charge >= 0.3 is 0 Å². The van der Waals surface area contributed by atoms with Crippen molar-refractivity contribution in [2.45, 2.75) is 25.8 Å². The quantitative estimate of drug-likeness (QED) is 0.410. The topological polar surface area (TPSA) is 9.23 Å². The third kappa shape index (κ3) is 4.21. The highest BCUT2D eigenvalue weighted by Gasteiger charge is 2.50. The molecule has 2 rings (SSSR count). The van der Waals surface area contributed by atoms with Gasteiger partial charge in [-0.05, 0) is 15.4 Å². The van der Waals surface area contributed by atoms with Gasteiger partial charge in [0, 0.05) is 23.2 Å². The molecule has 0 fully saturated rings. The van der Waals surface area contributed by atoms with E-state index in [0.29, 0.717) is 5.92 Å². The van der Waals surface area contributed by atoms with Gasteiger partial charge in [0.1, 0.15) is 0 Å². The third-order valence-corrected chi connectivity index (χ3v) is 11.2. The molecule has 0 spiro atoms. The minimum Gasteiger partial charge on any atom is -0.407 e. The monoisotopic (exact) mass is 468 g/mol. The van der Waals surface area contributed by atoms with Crippen LogP contribution in [0.1, 0.15) is 20.8 Å². The SMILES string of the molecule is CC(C)(C)[Si](OCC(CBr)CBr)(c1ccccc1)c1ccccc1. The number of halogens is 2. The van der Waals surface area contributed by atoms with Crippen LogP contribution in [0.25, 0.3) is 0 Å². The van der Waals surface area contributed by atoms with Crippen molar-refractivity contribution in [1.82, 2.24) is 0 Å². The molecular formula is C20H26Br2OSi. The summed E-state index contributed by atoms with van der Waals surface area (Å²) in [6.45, 7) is 7.70. The van der Waals surface area contributed by atoms with E-state index in [9.17, 15) is 0 Å². The van der Waals surface area contributed by atoms with Crippen LogP contribution in [0, 0.1) is 5.92 Å². The number of hydrogen-bond donors (Lipinski definition) is 0.